The van der Waals surface area contributed by atoms with E-state index in [1.165, 1.54) is 95.6 Å². The molecule has 9 nitrogen and oxygen atoms in total. The van der Waals surface area contributed by atoms with Gasteiger partial charge in [0, 0.05) is 31.6 Å². The van der Waals surface area contributed by atoms with Gasteiger partial charge >= 0.3 is 0 Å². The number of hydrogen-bond acceptors (Lipinski definition) is 6. The summed E-state index contributed by atoms with van der Waals surface area (Å²) in [5.74, 6) is 0.836. The van der Waals surface area contributed by atoms with Crippen molar-refractivity contribution in [2.24, 2.45) is 5.92 Å². The first-order valence-electron chi connectivity index (χ1n) is 17.4. The Morgan fingerprint density at radius 2 is 1.48 bits per heavy atom. The second-order valence-corrected chi connectivity index (χ2v) is 12.1. The Morgan fingerprint density at radius 3 is 2.09 bits per heavy atom. The summed E-state index contributed by atoms with van der Waals surface area (Å²) in [4.78, 5) is 43.1. The molecule has 250 valence electrons. The predicted molar refractivity (Wildman–Crippen MR) is 177 cm³/mol. The van der Waals surface area contributed by atoms with Gasteiger partial charge in [0.1, 0.15) is 5.75 Å². The first kappa shape index (κ1) is 37.4. The summed E-state index contributed by atoms with van der Waals surface area (Å²) in [5.41, 5.74) is 0.672. The number of ether oxygens (including phenoxy) is 1. The van der Waals surface area contributed by atoms with Crippen LogP contribution in [0.15, 0.2) is 24.3 Å². The van der Waals surface area contributed by atoms with Crippen molar-refractivity contribution >= 4 is 23.4 Å². The molecule has 1 aromatic carbocycles. The zero-order valence-corrected chi connectivity index (χ0v) is 27.8. The van der Waals surface area contributed by atoms with Gasteiger partial charge in [-0.25, -0.2) is 5.06 Å². The molecule has 3 N–H and O–H groups in total. The molecule has 0 radical (unpaired) electrons. The molecular weight excluding hydrogens is 556 g/mol. The Labute approximate surface area is 266 Å². The van der Waals surface area contributed by atoms with Gasteiger partial charge in [0.05, 0.1) is 13.7 Å². The molecule has 0 saturated heterocycles. The van der Waals surface area contributed by atoms with Crippen molar-refractivity contribution in [3.63, 3.8) is 0 Å². The van der Waals surface area contributed by atoms with Crippen LogP contribution in [-0.4, -0.2) is 55.8 Å². The fourth-order valence-electron chi connectivity index (χ4n) is 5.71. The van der Waals surface area contributed by atoms with E-state index in [2.05, 4.69) is 22.9 Å². The molecular formula is C35H60N4O5. The average Bonchev–Trinajstić information content (AvgIpc) is 3.56. The van der Waals surface area contributed by atoms with Gasteiger partial charge in [-0.15, -0.1) is 0 Å². The van der Waals surface area contributed by atoms with Crippen LogP contribution in [0, 0.1) is 5.92 Å². The minimum atomic E-state index is -0.948. The van der Waals surface area contributed by atoms with E-state index in [0.717, 1.165) is 19.4 Å². The minimum absolute atomic E-state index is 0.0715. The third-order valence-corrected chi connectivity index (χ3v) is 8.39. The van der Waals surface area contributed by atoms with Gasteiger partial charge in [0.25, 0.3) is 5.91 Å². The largest absolute Gasteiger partial charge is 0.494 e. The monoisotopic (exact) mass is 616 g/mol. The molecule has 0 spiro atoms. The van der Waals surface area contributed by atoms with Crippen LogP contribution in [0.2, 0.25) is 0 Å². The number of unbranched alkanes of at least 4 members (excludes halogenated alkanes) is 9. The fourth-order valence-corrected chi connectivity index (χ4v) is 5.71. The summed E-state index contributed by atoms with van der Waals surface area (Å²) < 4.78 is 5.82. The number of carbonyl (C=O) groups excluding carboxylic acids is 3. The van der Waals surface area contributed by atoms with E-state index in [1.807, 2.05) is 31.2 Å². The van der Waals surface area contributed by atoms with Crippen LogP contribution in [0.4, 0.5) is 5.69 Å². The zero-order valence-electron chi connectivity index (χ0n) is 27.8. The number of likely N-dealkylation sites (N-methyl/N-ethyl adjacent to an activating group) is 1. The molecule has 1 aliphatic carbocycles. The lowest BCUT2D eigenvalue weighted by Gasteiger charge is -2.26. The van der Waals surface area contributed by atoms with E-state index in [-0.39, 0.29) is 17.7 Å². The van der Waals surface area contributed by atoms with Gasteiger partial charge in [-0.05, 0) is 56.4 Å². The molecule has 44 heavy (non-hydrogen) atoms. The van der Waals surface area contributed by atoms with Crippen LogP contribution in [-0.2, 0) is 19.2 Å². The molecule has 0 aliphatic heterocycles. The number of benzene rings is 1. The van der Waals surface area contributed by atoms with Crippen LogP contribution in [0.25, 0.3) is 0 Å². The van der Waals surface area contributed by atoms with Gasteiger partial charge < -0.3 is 20.7 Å². The van der Waals surface area contributed by atoms with Crippen molar-refractivity contribution < 1.29 is 24.0 Å². The molecule has 1 atom stereocenters. The molecule has 1 unspecified atom stereocenters. The first-order chi connectivity index (χ1) is 21.5. The van der Waals surface area contributed by atoms with Crippen LogP contribution in [0.1, 0.15) is 129 Å². The van der Waals surface area contributed by atoms with Crippen LogP contribution in [0.3, 0.4) is 0 Å². The van der Waals surface area contributed by atoms with Crippen molar-refractivity contribution in [1.29, 1.82) is 0 Å². The number of carbonyl (C=O) groups is 3. The summed E-state index contributed by atoms with van der Waals surface area (Å²) >= 11 is 0. The standard InChI is InChI=1S/C35H60N4O5/c1-4-6-7-8-9-10-11-12-13-16-27-36-32(40)20-17-28-44-31-24-22-30(23-25-31)37-34(35(42)39(5-2)43-3)38-33(41)26-21-29-18-14-15-19-29/h22-25,29,34,37H,4-21,26-28H2,1-3H3,(H,36,40)(H,38,41). The molecule has 3 amide bonds. The van der Waals surface area contributed by atoms with Gasteiger partial charge in [-0.1, -0.05) is 90.4 Å². The fraction of sp³-hybridized carbons (Fsp3) is 0.743. The number of nitrogens with one attached hydrogen (secondary N) is 3. The highest BCUT2D eigenvalue weighted by Gasteiger charge is 2.26. The van der Waals surface area contributed by atoms with Crippen molar-refractivity contribution in [3.05, 3.63) is 24.3 Å². The third kappa shape index (κ3) is 16.3. The average molecular weight is 617 g/mol. The number of anilines is 1. The maximum atomic E-state index is 13.0. The second kappa shape index (κ2) is 23.6. The Kier molecular flexibility index (Phi) is 20.0. The zero-order chi connectivity index (χ0) is 31.8. The molecule has 1 aromatic rings. The molecule has 1 saturated carbocycles. The van der Waals surface area contributed by atoms with E-state index in [0.29, 0.717) is 49.8 Å². The SMILES string of the molecule is CCCCCCCCCCCCNC(=O)CCCOc1ccc(NC(NC(=O)CCC2CCCC2)C(=O)N(CC)OC)cc1. The lowest BCUT2D eigenvalue weighted by atomic mass is 10.0. The number of amides is 3. The highest BCUT2D eigenvalue weighted by Crippen LogP contribution is 2.28. The lowest BCUT2D eigenvalue weighted by Crippen LogP contribution is -2.52. The Balaban J connectivity index is 1.64. The summed E-state index contributed by atoms with van der Waals surface area (Å²) in [6.07, 6.45) is 19.1. The van der Waals surface area contributed by atoms with Crippen molar-refractivity contribution in [3.8, 4) is 5.75 Å². The van der Waals surface area contributed by atoms with Crippen molar-refractivity contribution in [1.82, 2.24) is 15.7 Å². The van der Waals surface area contributed by atoms with E-state index in [1.54, 1.807) is 0 Å². The van der Waals surface area contributed by atoms with E-state index < -0.39 is 6.17 Å². The van der Waals surface area contributed by atoms with Gasteiger partial charge in [-0.2, -0.15) is 0 Å². The van der Waals surface area contributed by atoms with Gasteiger partial charge in [0.15, 0.2) is 6.17 Å². The summed E-state index contributed by atoms with van der Waals surface area (Å²) in [6.45, 7) is 5.61. The van der Waals surface area contributed by atoms with Crippen LogP contribution in [0.5, 0.6) is 5.75 Å². The van der Waals surface area contributed by atoms with Gasteiger partial charge in [0.2, 0.25) is 11.8 Å². The molecule has 0 aromatic heterocycles. The molecule has 2 rings (SSSR count). The Morgan fingerprint density at radius 1 is 0.841 bits per heavy atom. The van der Waals surface area contributed by atoms with E-state index in [9.17, 15) is 14.4 Å². The smallest absolute Gasteiger partial charge is 0.289 e. The summed E-state index contributed by atoms with van der Waals surface area (Å²) in [6, 6.07) is 7.24. The molecule has 9 heteroatoms. The van der Waals surface area contributed by atoms with Crippen molar-refractivity contribution in [2.75, 3.05) is 32.1 Å². The topological polar surface area (TPSA) is 109 Å². The van der Waals surface area contributed by atoms with E-state index in [4.69, 9.17) is 9.57 Å². The summed E-state index contributed by atoms with van der Waals surface area (Å²) in [7, 11) is 1.44. The molecule has 0 heterocycles. The molecule has 1 aliphatic rings. The lowest BCUT2D eigenvalue weighted by molar-refractivity contribution is -0.176. The second-order valence-electron chi connectivity index (χ2n) is 12.1. The highest BCUT2D eigenvalue weighted by atomic mass is 16.7. The summed E-state index contributed by atoms with van der Waals surface area (Å²) in [5, 5.41) is 10.2. The number of hydroxylamine groups is 2. The number of nitrogens with zero attached hydrogens (tertiary/aromatic N) is 1. The first-order valence-corrected chi connectivity index (χ1v) is 17.4. The Bertz CT molecular complexity index is 916. The molecule has 1 fully saturated rings. The van der Waals surface area contributed by atoms with Crippen LogP contribution >= 0.6 is 0 Å². The number of rotatable bonds is 25. The highest BCUT2D eigenvalue weighted by molar-refractivity contribution is 5.89. The van der Waals surface area contributed by atoms with Gasteiger partial charge in [-0.3, -0.25) is 19.2 Å². The maximum Gasteiger partial charge on any atom is 0.289 e. The molecule has 0 bridgehead atoms. The predicted octanol–water partition coefficient (Wildman–Crippen LogP) is 7.12. The maximum absolute atomic E-state index is 13.0. The normalized spacial score (nSPS) is 13.8. The quantitative estimate of drug-likeness (QED) is 0.0613. The van der Waals surface area contributed by atoms with Crippen molar-refractivity contribution in [2.45, 2.75) is 136 Å². The Hall–Kier alpha value is -2.81. The minimum Gasteiger partial charge on any atom is -0.494 e. The third-order valence-electron chi connectivity index (χ3n) is 8.39. The van der Waals surface area contributed by atoms with E-state index >= 15 is 0 Å². The van der Waals surface area contributed by atoms with Crippen LogP contribution < -0.4 is 20.7 Å². The number of hydrogen-bond donors (Lipinski definition) is 3.